The number of rotatable bonds is 9. The highest BCUT2D eigenvalue weighted by atomic mass is 16.5. The van der Waals surface area contributed by atoms with Crippen molar-refractivity contribution in [3.63, 3.8) is 0 Å². The number of nitrogens with one attached hydrogen (secondary N) is 1. The van der Waals surface area contributed by atoms with E-state index in [-0.39, 0.29) is 24.7 Å². The second-order valence-corrected chi connectivity index (χ2v) is 5.77. The third-order valence-electron chi connectivity index (χ3n) is 3.67. The number of aliphatic hydroxyl groups excluding tert-OH is 1. The Morgan fingerprint density at radius 3 is 2.52 bits per heavy atom. The zero-order chi connectivity index (χ0) is 15.7. The lowest BCUT2D eigenvalue weighted by atomic mass is 10.1. The summed E-state index contributed by atoms with van der Waals surface area (Å²) >= 11 is 0. The highest BCUT2D eigenvalue weighted by Gasteiger charge is 2.22. The number of ether oxygens (including phenoxy) is 2. The van der Waals surface area contributed by atoms with Gasteiger partial charge in [-0.1, -0.05) is 0 Å². The third kappa shape index (κ3) is 7.22. The van der Waals surface area contributed by atoms with Crippen LogP contribution in [0, 0.1) is 0 Å². The molecular weight excluding hydrogens is 272 g/mol. The maximum absolute atomic E-state index is 12.2. The predicted octanol–water partition coefficient (Wildman–Crippen LogP) is 0.389. The molecule has 0 aromatic rings. The first-order valence-corrected chi connectivity index (χ1v) is 7.85. The Hall–Kier alpha value is -0.690. The largest absolute Gasteiger partial charge is 0.389 e. The van der Waals surface area contributed by atoms with Crippen molar-refractivity contribution >= 4 is 5.91 Å². The zero-order valence-corrected chi connectivity index (χ0v) is 13.5. The van der Waals surface area contributed by atoms with Crippen molar-refractivity contribution in [1.82, 2.24) is 10.2 Å². The SMILES string of the molecule is COCC(C)OCC(O)CNC(C)C(=O)N1CCCCC1. The Labute approximate surface area is 127 Å². The number of carbonyl (C=O) groups is 1. The van der Waals surface area contributed by atoms with Crippen LogP contribution in [0.25, 0.3) is 0 Å². The van der Waals surface area contributed by atoms with Crippen molar-refractivity contribution in [2.45, 2.75) is 51.4 Å². The second-order valence-electron chi connectivity index (χ2n) is 5.77. The van der Waals surface area contributed by atoms with E-state index in [9.17, 15) is 9.90 Å². The summed E-state index contributed by atoms with van der Waals surface area (Å²) in [5.74, 6) is 0.121. The standard InChI is InChI=1S/C15H30N2O4/c1-12(10-20-3)21-11-14(18)9-16-13(2)15(19)17-7-5-4-6-8-17/h12-14,16,18H,4-11H2,1-3H3. The summed E-state index contributed by atoms with van der Waals surface area (Å²) in [6, 6.07) is -0.269. The lowest BCUT2D eigenvalue weighted by Gasteiger charge is -2.29. The highest BCUT2D eigenvalue weighted by molar-refractivity contribution is 5.81. The molecular formula is C15H30N2O4. The quantitative estimate of drug-likeness (QED) is 0.645. The first kappa shape index (κ1) is 18.4. The Morgan fingerprint density at radius 1 is 1.24 bits per heavy atom. The number of piperidine rings is 1. The van der Waals surface area contributed by atoms with E-state index in [2.05, 4.69) is 5.32 Å². The number of hydrogen-bond donors (Lipinski definition) is 2. The van der Waals surface area contributed by atoms with Crippen molar-refractivity contribution in [2.75, 3.05) is 40.0 Å². The number of carbonyl (C=O) groups excluding carboxylic acids is 1. The van der Waals surface area contributed by atoms with Crippen molar-refractivity contribution in [3.8, 4) is 0 Å². The van der Waals surface area contributed by atoms with Gasteiger partial charge in [-0.2, -0.15) is 0 Å². The van der Waals surface area contributed by atoms with E-state index in [4.69, 9.17) is 9.47 Å². The second kappa shape index (κ2) is 10.1. The molecule has 6 heteroatoms. The first-order valence-electron chi connectivity index (χ1n) is 7.85. The molecule has 0 spiro atoms. The molecule has 0 aromatic heterocycles. The molecule has 6 nitrogen and oxygen atoms in total. The van der Waals surface area contributed by atoms with Gasteiger partial charge in [-0.15, -0.1) is 0 Å². The van der Waals surface area contributed by atoms with Crippen LogP contribution < -0.4 is 5.32 Å². The van der Waals surface area contributed by atoms with Gasteiger partial charge in [0.1, 0.15) is 0 Å². The molecule has 3 unspecified atom stereocenters. The minimum absolute atomic E-state index is 0.0444. The molecule has 0 aromatic carbocycles. The van der Waals surface area contributed by atoms with E-state index in [0.717, 1.165) is 25.9 Å². The van der Waals surface area contributed by atoms with Crippen LogP contribution in [0.4, 0.5) is 0 Å². The van der Waals surface area contributed by atoms with Crippen LogP contribution in [-0.2, 0) is 14.3 Å². The Bertz CT molecular complexity index is 295. The number of hydrogen-bond acceptors (Lipinski definition) is 5. The molecule has 1 amide bonds. The van der Waals surface area contributed by atoms with E-state index < -0.39 is 6.10 Å². The van der Waals surface area contributed by atoms with Gasteiger partial charge in [-0.25, -0.2) is 0 Å². The van der Waals surface area contributed by atoms with E-state index in [1.807, 2.05) is 18.7 Å². The molecule has 1 rings (SSSR count). The molecule has 124 valence electrons. The molecule has 0 aliphatic carbocycles. The molecule has 3 atom stereocenters. The monoisotopic (exact) mass is 302 g/mol. The van der Waals surface area contributed by atoms with Crippen LogP contribution in [-0.4, -0.2) is 74.1 Å². The summed E-state index contributed by atoms with van der Waals surface area (Å²) in [6.07, 6.45) is 2.72. The van der Waals surface area contributed by atoms with Gasteiger partial charge < -0.3 is 24.8 Å². The van der Waals surface area contributed by atoms with Crippen molar-refractivity contribution in [2.24, 2.45) is 0 Å². The van der Waals surface area contributed by atoms with E-state index in [0.29, 0.717) is 13.2 Å². The minimum Gasteiger partial charge on any atom is -0.389 e. The number of nitrogens with zero attached hydrogens (tertiary/aromatic N) is 1. The summed E-state index contributed by atoms with van der Waals surface area (Å²) in [4.78, 5) is 14.1. The molecule has 1 saturated heterocycles. The number of likely N-dealkylation sites (tertiary alicyclic amines) is 1. The fourth-order valence-corrected chi connectivity index (χ4v) is 2.41. The fourth-order valence-electron chi connectivity index (χ4n) is 2.41. The lowest BCUT2D eigenvalue weighted by Crippen LogP contribution is -2.48. The van der Waals surface area contributed by atoms with E-state index >= 15 is 0 Å². The van der Waals surface area contributed by atoms with Crippen molar-refractivity contribution < 1.29 is 19.4 Å². The number of methoxy groups -OCH3 is 1. The van der Waals surface area contributed by atoms with Crippen LogP contribution in [0.2, 0.25) is 0 Å². The van der Waals surface area contributed by atoms with Crippen LogP contribution >= 0.6 is 0 Å². The summed E-state index contributed by atoms with van der Waals surface area (Å²) in [5.41, 5.74) is 0. The van der Waals surface area contributed by atoms with Gasteiger partial charge >= 0.3 is 0 Å². The van der Waals surface area contributed by atoms with Crippen LogP contribution in [0.5, 0.6) is 0 Å². The average Bonchev–Trinajstić information content (AvgIpc) is 2.51. The number of amides is 1. The van der Waals surface area contributed by atoms with Gasteiger partial charge in [-0.05, 0) is 33.1 Å². The summed E-state index contributed by atoms with van der Waals surface area (Å²) in [6.45, 7) is 6.53. The molecule has 1 fully saturated rings. The molecule has 1 heterocycles. The van der Waals surface area contributed by atoms with Gasteiger partial charge in [0.15, 0.2) is 0 Å². The van der Waals surface area contributed by atoms with E-state index in [1.165, 1.54) is 6.42 Å². The molecule has 0 radical (unpaired) electrons. The smallest absolute Gasteiger partial charge is 0.239 e. The summed E-state index contributed by atoms with van der Waals surface area (Å²) in [5, 5.41) is 12.9. The molecule has 1 aliphatic rings. The fraction of sp³-hybridized carbons (Fsp3) is 0.933. The van der Waals surface area contributed by atoms with Crippen LogP contribution in [0.1, 0.15) is 33.1 Å². The van der Waals surface area contributed by atoms with Crippen LogP contribution in [0.3, 0.4) is 0 Å². The average molecular weight is 302 g/mol. The molecule has 0 saturated carbocycles. The molecule has 0 bridgehead atoms. The van der Waals surface area contributed by atoms with Gasteiger partial charge in [0.05, 0.1) is 31.5 Å². The molecule has 21 heavy (non-hydrogen) atoms. The Morgan fingerprint density at radius 2 is 1.90 bits per heavy atom. The number of aliphatic hydroxyl groups is 1. The molecule has 2 N–H and O–H groups in total. The Balaban J connectivity index is 2.18. The Kier molecular flexibility index (Phi) is 8.84. The first-order chi connectivity index (χ1) is 10.0. The summed E-state index contributed by atoms with van der Waals surface area (Å²) < 4.78 is 10.4. The maximum Gasteiger partial charge on any atom is 0.239 e. The normalized spacial score (nSPS) is 20.1. The van der Waals surface area contributed by atoms with Crippen molar-refractivity contribution in [3.05, 3.63) is 0 Å². The minimum atomic E-state index is -0.624. The van der Waals surface area contributed by atoms with Crippen molar-refractivity contribution in [1.29, 1.82) is 0 Å². The lowest BCUT2D eigenvalue weighted by molar-refractivity contribution is -0.134. The van der Waals surface area contributed by atoms with Gasteiger partial charge in [-0.3, -0.25) is 4.79 Å². The van der Waals surface area contributed by atoms with Gasteiger partial charge in [0, 0.05) is 26.7 Å². The maximum atomic E-state index is 12.2. The summed E-state index contributed by atoms with van der Waals surface area (Å²) in [7, 11) is 1.62. The van der Waals surface area contributed by atoms with Gasteiger partial charge in [0.2, 0.25) is 5.91 Å². The molecule has 1 aliphatic heterocycles. The van der Waals surface area contributed by atoms with Crippen LogP contribution in [0.15, 0.2) is 0 Å². The third-order valence-corrected chi connectivity index (χ3v) is 3.67. The zero-order valence-electron chi connectivity index (χ0n) is 13.5. The predicted molar refractivity (Wildman–Crippen MR) is 81.2 cm³/mol. The van der Waals surface area contributed by atoms with E-state index in [1.54, 1.807) is 7.11 Å². The highest BCUT2D eigenvalue weighted by Crippen LogP contribution is 2.09. The van der Waals surface area contributed by atoms with Gasteiger partial charge in [0.25, 0.3) is 0 Å². The topological polar surface area (TPSA) is 71.0 Å².